The summed E-state index contributed by atoms with van der Waals surface area (Å²) in [7, 11) is -3.94. The lowest BCUT2D eigenvalue weighted by Gasteiger charge is -2.09. The van der Waals surface area contributed by atoms with E-state index in [9.17, 15) is 17.6 Å². The summed E-state index contributed by atoms with van der Waals surface area (Å²) in [6.45, 7) is 0.177. The third-order valence-corrected chi connectivity index (χ3v) is 7.05. The fourth-order valence-electron chi connectivity index (χ4n) is 3.24. The van der Waals surface area contributed by atoms with E-state index in [2.05, 4.69) is 15.0 Å². The number of amides is 1. The quantitative estimate of drug-likeness (QED) is 0.399. The summed E-state index contributed by atoms with van der Waals surface area (Å²) in [5.74, 6) is 0.314. The standard InChI is InChI=1S/C23H16FN3O5S2/c24-16-5-7-18(8-6-16)34(29,30)27-17-3-1-2-15(10-17)22(28)26-23-25-19(12-33-23)14-4-9-20-21(11-14)32-13-31-20/h1-12,27H,13H2,(H,25,26,28). The molecule has 1 aromatic heterocycles. The molecule has 0 unspecified atom stereocenters. The Morgan fingerprint density at radius 1 is 1.00 bits per heavy atom. The van der Waals surface area contributed by atoms with Crippen molar-refractivity contribution in [2.45, 2.75) is 4.90 Å². The van der Waals surface area contributed by atoms with Gasteiger partial charge < -0.3 is 9.47 Å². The number of aromatic nitrogens is 1. The SMILES string of the molecule is O=C(Nc1nc(-c2ccc3c(c2)OCO3)cs1)c1cccc(NS(=O)(=O)c2ccc(F)cc2)c1. The molecule has 3 aromatic carbocycles. The zero-order valence-electron chi connectivity index (χ0n) is 17.3. The van der Waals surface area contributed by atoms with Gasteiger partial charge in [0.1, 0.15) is 5.82 Å². The number of anilines is 2. The molecule has 172 valence electrons. The lowest BCUT2D eigenvalue weighted by atomic mass is 10.1. The van der Waals surface area contributed by atoms with Crippen LogP contribution in [0.5, 0.6) is 11.5 Å². The monoisotopic (exact) mass is 497 g/mol. The van der Waals surface area contributed by atoms with Gasteiger partial charge >= 0.3 is 0 Å². The molecule has 34 heavy (non-hydrogen) atoms. The summed E-state index contributed by atoms with van der Waals surface area (Å²) in [6.07, 6.45) is 0. The van der Waals surface area contributed by atoms with Gasteiger partial charge in [-0.25, -0.2) is 17.8 Å². The van der Waals surface area contributed by atoms with Gasteiger partial charge in [0, 0.05) is 22.2 Å². The predicted molar refractivity (Wildman–Crippen MR) is 125 cm³/mol. The van der Waals surface area contributed by atoms with Crippen LogP contribution < -0.4 is 19.5 Å². The number of hydrogen-bond donors (Lipinski definition) is 2. The highest BCUT2D eigenvalue weighted by atomic mass is 32.2. The highest BCUT2D eigenvalue weighted by Crippen LogP contribution is 2.36. The first-order valence-corrected chi connectivity index (χ1v) is 12.3. The number of ether oxygens (including phenoxy) is 2. The summed E-state index contributed by atoms with van der Waals surface area (Å²) < 4.78 is 51.3. The number of benzene rings is 3. The van der Waals surface area contributed by atoms with Crippen molar-refractivity contribution in [3.63, 3.8) is 0 Å². The first-order chi connectivity index (χ1) is 16.4. The number of halogens is 1. The summed E-state index contributed by atoms with van der Waals surface area (Å²) >= 11 is 1.26. The molecule has 0 saturated heterocycles. The summed E-state index contributed by atoms with van der Waals surface area (Å²) in [5, 5.41) is 4.91. The fourth-order valence-corrected chi connectivity index (χ4v) is 5.00. The van der Waals surface area contributed by atoms with Gasteiger partial charge in [0.2, 0.25) is 6.79 Å². The van der Waals surface area contributed by atoms with Gasteiger partial charge in [-0.1, -0.05) is 6.07 Å². The highest BCUT2D eigenvalue weighted by molar-refractivity contribution is 7.92. The van der Waals surface area contributed by atoms with Crippen LogP contribution >= 0.6 is 11.3 Å². The number of carbonyl (C=O) groups excluding carboxylic acids is 1. The number of nitrogens with zero attached hydrogens (tertiary/aromatic N) is 1. The molecule has 11 heteroatoms. The van der Waals surface area contributed by atoms with Crippen molar-refractivity contribution < 1.29 is 27.1 Å². The normalized spacial score (nSPS) is 12.4. The van der Waals surface area contributed by atoms with Crippen LogP contribution in [0.15, 0.2) is 77.0 Å². The second-order valence-corrected chi connectivity index (χ2v) is 9.74. The van der Waals surface area contributed by atoms with Crippen LogP contribution in [0.3, 0.4) is 0 Å². The van der Waals surface area contributed by atoms with Gasteiger partial charge in [0.25, 0.3) is 15.9 Å². The molecule has 8 nitrogen and oxygen atoms in total. The molecule has 0 fully saturated rings. The van der Waals surface area contributed by atoms with E-state index in [0.717, 1.165) is 29.8 Å². The summed E-state index contributed by atoms with van der Waals surface area (Å²) in [6, 6.07) is 15.9. The average molecular weight is 498 g/mol. The van der Waals surface area contributed by atoms with Crippen molar-refractivity contribution in [3.8, 4) is 22.8 Å². The van der Waals surface area contributed by atoms with Crippen molar-refractivity contribution in [2.75, 3.05) is 16.8 Å². The van der Waals surface area contributed by atoms with E-state index in [1.807, 2.05) is 12.1 Å². The number of sulfonamides is 1. The molecule has 2 heterocycles. The largest absolute Gasteiger partial charge is 0.454 e. The lowest BCUT2D eigenvalue weighted by molar-refractivity contribution is 0.102. The maximum atomic E-state index is 13.1. The Balaban J connectivity index is 1.29. The topological polar surface area (TPSA) is 107 Å². The van der Waals surface area contributed by atoms with Crippen LogP contribution in [0, 0.1) is 5.82 Å². The molecule has 0 radical (unpaired) electrons. The molecule has 4 aromatic rings. The van der Waals surface area contributed by atoms with E-state index in [1.54, 1.807) is 23.6 Å². The minimum absolute atomic E-state index is 0.0948. The minimum Gasteiger partial charge on any atom is -0.454 e. The molecular weight excluding hydrogens is 481 g/mol. The van der Waals surface area contributed by atoms with Crippen LogP contribution in [-0.2, 0) is 10.0 Å². The molecule has 1 amide bonds. The molecule has 5 rings (SSSR count). The van der Waals surface area contributed by atoms with Gasteiger partial charge in [-0.3, -0.25) is 14.8 Å². The number of rotatable bonds is 6. The number of fused-ring (bicyclic) bond motifs is 1. The number of hydrogen-bond acceptors (Lipinski definition) is 7. The fraction of sp³-hybridized carbons (Fsp3) is 0.0435. The van der Waals surface area contributed by atoms with Crippen molar-refractivity contribution >= 4 is 38.1 Å². The Morgan fingerprint density at radius 3 is 2.62 bits per heavy atom. The molecule has 1 aliphatic rings. The second kappa shape index (κ2) is 8.76. The molecule has 0 saturated carbocycles. The van der Waals surface area contributed by atoms with E-state index in [-0.39, 0.29) is 22.9 Å². The average Bonchev–Trinajstić information content (AvgIpc) is 3.48. The van der Waals surface area contributed by atoms with Gasteiger partial charge in [0.15, 0.2) is 16.6 Å². The second-order valence-electron chi connectivity index (χ2n) is 7.20. The molecule has 0 spiro atoms. The van der Waals surface area contributed by atoms with Crippen molar-refractivity contribution in [1.82, 2.24) is 4.98 Å². The van der Waals surface area contributed by atoms with E-state index < -0.39 is 21.7 Å². The minimum atomic E-state index is -3.94. The van der Waals surface area contributed by atoms with E-state index in [0.29, 0.717) is 22.3 Å². The van der Waals surface area contributed by atoms with Crippen molar-refractivity contribution in [1.29, 1.82) is 0 Å². The Labute approximate surface area is 198 Å². The Kier molecular flexibility index (Phi) is 5.64. The predicted octanol–water partition coefficient (Wildman–Crippen LogP) is 4.73. The Hall–Kier alpha value is -3.96. The van der Waals surface area contributed by atoms with E-state index >= 15 is 0 Å². The van der Waals surface area contributed by atoms with Crippen LogP contribution in [0.1, 0.15) is 10.4 Å². The van der Waals surface area contributed by atoms with Crippen LogP contribution in [0.2, 0.25) is 0 Å². The van der Waals surface area contributed by atoms with Crippen molar-refractivity contribution in [3.05, 3.63) is 83.5 Å². The highest BCUT2D eigenvalue weighted by Gasteiger charge is 2.17. The maximum Gasteiger partial charge on any atom is 0.261 e. The molecular formula is C23H16FN3O5S2. The smallest absolute Gasteiger partial charge is 0.261 e. The van der Waals surface area contributed by atoms with Gasteiger partial charge in [-0.2, -0.15) is 0 Å². The van der Waals surface area contributed by atoms with Crippen LogP contribution in [-0.4, -0.2) is 26.1 Å². The first-order valence-electron chi connectivity index (χ1n) is 9.93. The zero-order valence-corrected chi connectivity index (χ0v) is 19.0. The van der Waals surface area contributed by atoms with Gasteiger partial charge in [0.05, 0.1) is 10.6 Å². The molecule has 0 aliphatic carbocycles. The van der Waals surface area contributed by atoms with Crippen LogP contribution in [0.25, 0.3) is 11.3 Å². The van der Waals surface area contributed by atoms with E-state index in [1.165, 1.54) is 23.5 Å². The number of thiazole rings is 1. The summed E-state index contributed by atoms with van der Waals surface area (Å²) in [4.78, 5) is 17.1. The number of nitrogens with one attached hydrogen (secondary N) is 2. The molecule has 0 atom stereocenters. The third-order valence-electron chi connectivity index (χ3n) is 4.89. The molecule has 2 N–H and O–H groups in total. The maximum absolute atomic E-state index is 13.1. The lowest BCUT2D eigenvalue weighted by Crippen LogP contribution is -2.15. The Bertz CT molecular complexity index is 1490. The Morgan fingerprint density at radius 2 is 1.79 bits per heavy atom. The first kappa shape index (κ1) is 21.9. The van der Waals surface area contributed by atoms with Crippen LogP contribution in [0.4, 0.5) is 15.2 Å². The van der Waals surface area contributed by atoms with E-state index in [4.69, 9.17) is 9.47 Å². The summed E-state index contributed by atoms with van der Waals surface area (Å²) in [5.41, 5.74) is 1.91. The molecule has 1 aliphatic heterocycles. The van der Waals surface area contributed by atoms with Gasteiger partial charge in [-0.05, 0) is 60.7 Å². The number of carbonyl (C=O) groups is 1. The third kappa shape index (κ3) is 4.56. The zero-order chi connectivity index (χ0) is 23.7. The van der Waals surface area contributed by atoms with Gasteiger partial charge in [-0.15, -0.1) is 11.3 Å². The molecule has 0 bridgehead atoms. The van der Waals surface area contributed by atoms with Crippen molar-refractivity contribution in [2.24, 2.45) is 0 Å².